The number of hydrogen-bond donors (Lipinski definition) is 1. The van der Waals surface area contributed by atoms with Gasteiger partial charge in [-0.2, -0.15) is 5.10 Å². The maximum atomic E-state index is 10.8. The van der Waals surface area contributed by atoms with Gasteiger partial charge in [0.15, 0.2) is 5.69 Å². The van der Waals surface area contributed by atoms with Crippen molar-refractivity contribution < 1.29 is 14.6 Å². The smallest absolute Gasteiger partial charge is 0.356 e. The van der Waals surface area contributed by atoms with Gasteiger partial charge in [-0.3, -0.25) is 0 Å². The van der Waals surface area contributed by atoms with Crippen LogP contribution in [0.25, 0.3) is 5.69 Å². The molecule has 0 bridgehead atoms. The summed E-state index contributed by atoms with van der Waals surface area (Å²) in [6.45, 7) is 0. The maximum absolute atomic E-state index is 10.8. The summed E-state index contributed by atoms with van der Waals surface area (Å²) in [5.41, 5.74) is 0.559. The van der Waals surface area contributed by atoms with Crippen molar-refractivity contribution in [3.05, 3.63) is 41.0 Å². The van der Waals surface area contributed by atoms with E-state index in [0.717, 1.165) is 0 Å². The second kappa shape index (κ2) is 4.47. The highest BCUT2D eigenvalue weighted by Gasteiger charge is 2.14. The van der Waals surface area contributed by atoms with Crippen LogP contribution in [-0.4, -0.2) is 28.0 Å². The number of nitrogens with zero attached hydrogens (tertiary/aromatic N) is 2. The van der Waals surface area contributed by atoms with Gasteiger partial charge in [-0.15, -0.1) is 0 Å². The van der Waals surface area contributed by atoms with Gasteiger partial charge in [0.2, 0.25) is 5.88 Å². The van der Waals surface area contributed by atoms with Crippen molar-refractivity contribution in [3.63, 3.8) is 0 Å². The number of benzene rings is 1. The number of carbonyl (C=O) groups is 1. The summed E-state index contributed by atoms with van der Waals surface area (Å²) in [7, 11) is 1.45. The van der Waals surface area contributed by atoms with E-state index in [1.165, 1.54) is 17.9 Å². The molecule has 6 heteroatoms. The predicted octanol–water partition coefficient (Wildman–Crippen LogP) is 2.23. The number of aromatic nitrogens is 2. The van der Waals surface area contributed by atoms with Gasteiger partial charge in [-0.1, -0.05) is 17.7 Å². The molecule has 2 aromatic rings. The molecule has 1 aromatic carbocycles. The first-order chi connectivity index (χ1) is 8.11. The molecule has 0 saturated carbocycles. The molecule has 0 fully saturated rings. The van der Waals surface area contributed by atoms with Crippen LogP contribution in [0.5, 0.6) is 5.88 Å². The molecule has 88 valence electrons. The van der Waals surface area contributed by atoms with Gasteiger partial charge in [0.25, 0.3) is 0 Å². The first-order valence-corrected chi connectivity index (χ1v) is 5.13. The second-order valence-electron chi connectivity index (χ2n) is 3.27. The Labute approximate surface area is 102 Å². The molecule has 1 N–H and O–H groups in total. The largest absolute Gasteiger partial charge is 0.481 e. The maximum Gasteiger partial charge on any atom is 0.356 e. The molecule has 17 heavy (non-hydrogen) atoms. The molecule has 0 aliphatic carbocycles. The molecule has 1 aromatic heterocycles. The topological polar surface area (TPSA) is 64.3 Å². The van der Waals surface area contributed by atoms with Crippen LogP contribution in [0.2, 0.25) is 5.02 Å². The molecule has 0 unspecified atom stereocenters. The standard InChI is InChI=1S/C11H9ClN2O3/c1-17-10-6-9(11(15)16)13-14(10)8-4-2-3-7(12)5-8/h2-6H,1H3,(H,15,16). The van der Waals surface area contributed by atoms with Crippen molar-refractivity contribution in [2.75, 3.05) is 7.11 Å². The molecule has 0 aliphatic rings. The van der Waals surface area contributed by atoms with Gasteiger partial charge in [0.1, 0.15) is 0 Å². The number of methoxy groups -OCH3 is 1. The highest BCUT2D eigenvalue weighted by molar-refractivity contribution is 6.30. The lowest BCUT2D eigenvalue weighted by Gasteiger charge is -2.05. The van der Waals surface area contributed by atoms with Crippen LogP contribution in [0.4, 0.5) is 0 Å². The van der Waals surface area contributed by atoms with Gasteiger partial charge >= 0.3 is 5.97 Å². The summed E-state index contributed by atoms with van der Waals surface area (Å²) in [4.78, 5) is 10.8. The van der Waals surface area contributed by atoms with Gasteiger partial charge in [-0.25, -0.2) is 9.48 Å². The fourth-order valence-corrected chi connectivity index (χ4v) is 1.59. The van der Waals surface area contributed by atoms with E-state index in [0.29, 0.717) is 16.6 Å². The molecule has 0 radical (unpaired) electrons. The Balaban J connectivity index is 2.54. The number of carboxylic acid groups (broad SMARTS) is 1. The van der Waals surface area contributed by atoms with E-state index in [1.54, 1.807) is 24.3 Å². The Morgan fingerprint density at radius 1 is 1.47 bits per heavy atom. The van der Waals surface area contributed by atoms with Crippen LogP contribution in [0.1, 0.15) is 10.5 Å². The van der Waals surface area contributed by atoms with Gasteiger partial charge in [-0.05, 0) is 18.2 Å². The number of aromatic carboxylic acids is 1. The lowest BCUT2D eigenvalue weighted by molar-refractivity contribution is 0.0690. The van der Waals surface area contributed by atoms with E-state index in [9.17, 15) is 4.79 Å². The van der Waals surface area contributed by atoms with Crippen molar-refractivity contribution in [3.8, 4) is 11.6 Å². The zero-order chi connectivity index (χ0) is 12.4. The lowest BCUT2D eigenvalue weighted by atomic mass is 10.3. The zero-order valence-corrected chi connectivity index (χ0v) is 9.68. The van der Waals surface area contributed by atoms with Crippen molar-refractivity contribution in [1.29, 1.82) is 0 Å². The third-order valence-electron chi connectivity index (χ3n) is 2.16. The number of hydrogen-bond acceptors (Lipinski definition) is 3. The monoisotopic (exact) mass is 252 g/mol. The Hall–Kier alpha value is -2.01. The van der Waals surface area contributed by atoms with Crippen LogP contribution in [0, 0.1) is 0 Å². The Morgan fingerprint density at radius 3 is 2.82 bits per heavy atom. The quantitative estimate of drug-likeness (QED) is 0.910. The minimum Gasteiger partial charge on any atom is -0.481 e. The van der Waals surface area contributed by atoms with Crippen LogP contribution in [0.15, 0.2) is 30.3 Å². The Morgan fingerprint density at radius 2 is 2.24 bits per heavy atom. The summed E-state index contributed by atoms with van der Waals surface area (Å²) >= 11 is 5.86. The molecule has 5 nitrogen and oxygen atoms in total. The first-order valence-electron chi connectivity index (χ1n) is 4.75. The highest BCUT2D eigenvalue weighted by Crippen LogP contribution is 2.21. The summed E-state index contributed by atoms with van der Waals surface area (Å²) < 4.78 is 6.45. The minimum atomic E-state index is -1.11. The zero-order valence-electron chi connectivity index (χ0n) is 8.92. The molecule has 1 heterocycles. The fraction of sp³-hybridized carbons (Fsp3) is 0.0909. The van der Waals surface area contributed by atoms with E-state index in [-0.39, 0.29) is 5.69 Å². The molecule has 0 spiro atoms. The molecule has 0 atom stereocenters. The molecular formula is C11H9ClN2O3. The van der Waals surface area contributed by atoms with E-state index in [4.69, 9.17) is 21.4 Å². The van der Waals surface area contributed by atoms with Gasteiger partial charge < -0.3 is 9.84 Å². The van der Waals surface area contributed by atoms with E-state index in [2.05, 4.69) is 5.10 Å². The van der Waals surface area contributed by atoms with Crippen molar-refractivity contribution in [1.82, 2.24) is 9.78 Å². The number of ether oxygens (including phenoxy) is 1. The highest BCUT2D eigenvalue weighted by atomic mass is 35.5. The predicted molar refractivity (Wildman–Crippen MR) is 62.1 cm³/mol. The van der Waals surface area contributed by atoms with E-state index in [1.807, 2.05) is 0 Å². The normalized spacial score (nSPS) is 10.2. The minimum absolute atomic E-state index is 0.0816. The fourth-order valence-electron chi connectivity index (χ4n) is 1.41. The second-order valence-corrected chi connectivity index (χ2v) is 3.71. The Bertz CT molecular complexity index is 566. The molecule has 0 saturated heterocycles. The molecule has 2 rings (SSSR count). The van der Waals surface area contributed by atoms with E-state index >= 15 is 0 Å². The summed E-state index contributed by atoms with van der Waals surface area (Å²) in [5, 5.41) is 13.3. The van der Waals surface area contributed by atoms with Crippen LogP contribution in [0.3, 0.4) is 0 Å². The summed E-state index contributed by atoms with van der Waals surface area (Å²) in [6.07, 6.45) is 0. The summed E-state index contributed by atoms with van der Waals surface area (Å²) in [6, 6.07) is 8.25. The third-order valence-corrected chi connectivity index (χ3v) is 2.39. The lowest BCUT2D eigenvalue weighted by Crippen LogP contribution is -2.02. The number of halogens is 1. The number of carboxylic acids is 1. The van der Waals surface area contributed by atoms with E-state index < -0.39 is 5.97 Å². The van der Waals surface area contributed by atoms with Crippen molar-refractivity contribution in [2.24, 2.45) is 0 Å². The average Bonchev–Trinajstić information content (AvgIpc) is 2.73. The van der Waals surface area contributed by atoms with Crippen LogP contribution in [-0.2, 0) is 0 Å². The number of rotatable bonds is 3. The SMILES string of the molecule is COc1cc(C(=O)O)nn1-c1cccc(Cl)c1. The molecule has 0 amide bonds. The Kier molecular flexibility index (Phi) is 3.01. The van der Waals surface area contributed by atoms with Crippen molar-refractivity contribution in [2.45, 2.75) is 0 Å². The molecule has 0 aliphatic heterocycles. The average molecular weight is 253 g/mol. The molecular weight excluding hydrogens is 244 g/mol. The summed E-state index contributed by atoms with van der Waals surface area (Å²) in [5.74, 6) is -0.770. The van der Waals surface area contributed by atoms with Crippen molar-refractivity contribution >= 4 is 17.6 Å². The first kappa shape index (κ1) is 11.5. The van der Waals surface area contributed by atoms with Gasteiger partial charge in [0, 0.05) is 11.1 Å². The van der Waals surface area contributed by atoms with Gasteiger partial charge in [0.05, 0.1) is 12.8 Å². The third kappa shape index (κ3) is 2.24. The van der Waals surface area contributed by atoms with Crippen LogP contribution >= 0.6 is 11.6 Å². The van der Waals surface area contributed by atoms with Crippen LogP contribution < -0.4 is 4.74 Å².